The van der Waals surface area contributed by atoms with Crippen LogP contribution >= 0.6 is 0 Å². The maximum atomic E-state index is 9.89. The van der Waals surface area contributed by atoms with Crippen LogP contribution in [-0.2, 0) is 14.3 Å². The van der Waals surface area contributed by atoms with E-state index in [0.29, 0.717) is 0 Å². The van der Waals surface area contributed by atoms with Crippen LogP contribution in [0, 0.1) is 0 Å². The van der Waals surface area contributed by atoms with Crippen LogP contribution in [0.1, 0.15) is 0 Å². The fourth-order valence-electron chi connectivity index (χ4n) is 0.288. The monoisotopic (exact) mass is 256 g/mol. The van der Waals surface area contributed by atoms with Crippen LogP contribution in [0.25, 0.3) is 0 Å². The van der Waals surface area contributed by atoms with Crippen LogP contribution in [0.2, 0.25) is 0 Å². The molecular formula is C8H20N2O7. The van der Waals surface area contributed by atoms with Crippen LogP contribution in [0.15, 0.2) is 0 Å². The predicted octanol–water partition coefficient (Wildman–Crippen LogP) is -3.65. The molecule has 2 amide bonds. The van der Waals surface area contributed by atoms with Gasteiger partial charge in [0.15, 0.2) is 0 Å². The van der Waals surface area contributed by atoms with Crippen LogP contribution in [0.5, 0.6) is 0 Å². The second-order valence-corrected chi connectivity index (χ2v) is 2.24. The highest BCUT2D eigenvalue weighted by Gasteiger charge is 1.91. The van der Waals surface area contributed by atoms with Crippen molar-refractivity contribution >= 4 is 11.8 Å². The van der Waals surface area contributed by atoms with Crippen molar-refractivity contribution in [1.29, 1.82) is 0 Å². The van der Waals surface area contributed by atoms with Gasteiger partial charge in [-0.25, -0.2) is 0 Å². The molecule has 0 fully saturated rings. The molecule has 9 heteroatoms. The van der Waals surface area contributed by atoms with Crippen molar-refractivity contribution in [1.82, 2.24) is 10.6 Å². The summed E-state index contributed by atoms with van der Waals surface area (Å²) in [5.41, 5.74) is 0. The molecule has 0 aromatic rings. The molecule has 0 aliphatic rings. The normalized spacial score (nSPS) is 7.88. The fourth-order valence-corrected chi connectivity index (χ4v) is 0.288. The second kappa shape index (κ2) is 20.2. The van der Waals surface area contributed by atoms with Crippen molar-refractivity contribution in [3.8, 4) is 0 Å². The number of hydrogen-bond acceptors (Lipinski definition) is 7. The minimum absolute atomic E-state index is 0.417. The highest BCUT2D eigenvalue weighted by Crippen LogP contribution is 1.56. The summed E-state index contributed by atoms with van der Waals surface area (Å²) in [6, 6.07) is 0. The number of methoxy groups -OCH3 is 1. The summed E-state index contributed by atoms with van der Waals surface area (Å²) >= 11 is 0. The molecule has 0 unspecified atom stereocenters. The molecule has 0 aliphatic carbocycles. The van der Waals surface area contributed by atoms with Gasteiger partial charge in [0.05, 0.1) is 0 Å². The molecule has 0 aliphatic heterocycles. The minimum atomic E-state index is -0.569. The van der Waals surface area contributed by atoms with E-state index in [1.54, 1.807) is 14.2 Å². The Morgan fingerprint density at radius 3 is 1.18 bits per heavy atom. The maximum Gasteiger partial charge on any atom is 0.247 e. The van der Waals surface area contributed by atoms with E-state index in [1.165, 1.54) is 0 Å². The Bertz CT molecular complexity index is 159. The molecule has 0 saturated carbocycles. The van der Waals surface area contributed by atoms with Gasteiger partial charge < -0.3 is 35.8 Å². The van der Waals surface area contributed by atoms with Crippen LogP contribution in [0.3, 0.4) is 0 Å². The molecule has 0 aromatic carbocycles. The molecule has 6 N–H and O–H groups in total. The molecule has 104 valence electrons. The number of aliphatic hydroxyl groups excluding tert-OH is 4. The number of amides is 2. The Morgan fingerprint density at radius 2 is 1.12 bits per heavy atom. The third-order valence-electron chi connectivity index (χ3n) is 0.840. The van der Waals surface area contributed by atoms with Gasteiger partial charge in [-0.3, -0.25) is 9.59 Å². The zero-order valence-electron chi connectivity index (χ0n) is 9.84. The van der Waals surface area contributed by atoms with E-state index in [1.807, 2.05) is 10.6 Å². The molecule has 0 radical (unpaired) electrons. The predicted molar refractivity (Wildman–Crippen MR) is 57.6 cm³/mol. The summed E-state index contributed by atoms with van der Waals surface area (Å²) in [6.45, 7) is -1.97. The molecule has 9 nitrogen and oxygen atoms in total. The van der Waals surface area contributed by atoms with Gasteiger partial charge in [0.1, 0.15) is 26.7 Å². The highest BCUT2D eigenvalue weighted by molar-refractivity contribution is 5.76. The van der Waals surface area contributed by atoms with Gasteiger partial charge in [0, 0.05) is 14.2 Å². The topological polar surface area (TPSA) is 148 Å². The first-order chi connectivity index (χ1) is 8.03. The molecule has 0 rings (SSSR count). The van der Waals surface area contributed by atoms with Gasteiger partial charge in [-0.1, -0.05) is 0 Å². The fraction of sp³-hybridized carbons (Fsp3) is 0.750. The van der Waals surface area contributed by atoms with E-state index in [0.717, 1.165) is 0 Å². The molecule has 0 spiro atoms. The lowest BCUT2D eigenvalue weighted by Gasteiger charge is -1.92. The van der Waals surface area contributed by atoms with Crippen molar-refractivity contribution in [2.45, 2.75) is 0 Å². The SMILES string of the molecule is COC.O=C(CO)NCO.O=C(CO)NCO. The Labute approximate surface area is 99.0 Å². The summed E-state index contributed by atoms with van der Waals surface area (Å²) < 4.78 is 4.25. The Balaban J connectivity index is -0.000000188. The average molecular weight is 256 g/mol. The lowest BCUT2D eigenvalue weighted by atomic mass is 10.7. The summed E-state index contributed by atoms with van der Waals surface area (Å²) in [5.74, 6) is -1.13. The van der Waals surface area contributed by atoms with E-state index in [9.17, 15) is 9.59 Å². The number of carbonyl (C=O) groups excluding carboxylic acids is 2. The van der Waals surface area contributed by atoms with E-state index in [4.69, 9.17) is 20.4 Å². The van der Waals surface area contributed by atoms with Gasteiger partial charge in [0.2, 0.25) is 11.8 Å². The molecule has 0 aromatic heterocycles. The number of hydrogen-bond donors (Lipinski definition) is 6. The summed E-state index contributed by atoms with van der Waals surface area (Å²) in [6.07, 6.45) is 0. The second-order valence-electron chi connectivity index (χ2n) is 2.24. The zero-order chi connectivity index (χ0) is 14.1. The minimum Gasteiger partial charge on any atom is -0.388 e. The smallest absolute Gasteiger partial charge is 0.247 e. The Kier molecular flexibility index (Phi) is 25.0. The summed E-state index contributed by atoms with van der Waals surface area (Å²) in [4.78, 5) is 19.8. The lowest BCUT2D eigenvalue weighted by molar-refractivity contribution is -0.125. The van der Waals surface area contributed by atoms with Crippen molar-refractivity contribution < 1.29 is 34.8 Å². The van der Waals surface area contributed by atoms with Gasteiger partial charge in [0.25, 0.3) is 0 Å². The quantitative estimate of drug-likeness (QED) is 0.284. The number of ether oxygens (including phenoxy) is 1. The van der Waals surface area contributed by atoms with E-state index < -0.39 is 38.5 Å². The van der Waals surface area contributed by atoms with Crippen molar-refractivity contribution in [2.75, 3.05) is 40.9 Å². The number of nitrogens with one attached hydrogen (secondary N) is 2. The van der Waals surface area contributed by atoms with E-state index in [-0.39, 0.29) is 0 Å². The van der Waals surface area contributed by atoms with Crippen molar-refractivity contribution in [2.24, 2.45) is 0 Å². The highest BCUT2D eigenvalue weighted by atomic mass is 16.4. The standard InChI is InChI=1S/2C3H7NO3.C2H6O/c2*5-1-3(7)4-2-6;1-3-2/h2*5-6H,1-2H2,(H,4,7);1-2H3. The first-order valence-electron chi connectivity index (χ1n) is 4.40. The van der Waals surface area contributed by atoms with Gasteiger partial charge in [-0.2, -0.15) is 0 Å². The molecule has 17 heavy (non-hydrogen) atoms. The first kappa shape index (κ1) is 21.1. The van der Waals surface area contributed by atoms with Crippen LogP contribution < -0.4 is 10.6 Å². The van der Waals surface area contributed by atoms with E-state index in [2.05, 4.69) is 4.74 Å². The van der Waals surface area contributed by atoms with Gasteiger partial charge >= 0.3 is 0 Å². The van der Waals surface area contributed by atoms with Crippen molar-refractivity contribution in [3.63, 3.8) is 0 Å². The molecular weight excluding hydrogens is 236 g/mol. The van der Waals surface area contributed by atoms with Gasteiger partial charge in [-0.15, -0.1) is 0 Å². The number of carbonyl (C=O) groups is 2. The Hall–Kier alpha value is -1.26. The molecule has 0 atom stereocenters. The van der Waals surface area contributed by atoms with Crippen LogP contribution in [0.4, 0.5) is 0 Å². The zero-order valence-corrected chi connectivity index (χ0v) is 9.84. The largest absolute Gasteiger partial charge is 0.388 e. The van der Waals surface area contributed by atoms with Gasteiger partial charge in [-0.05, 0) is 0 Å². The summed E-state index contributed by atoms with van der Waals surface area (Å²) in [5, 5.41) is 35.7. The third kappa shape index (κ3) is 31.3. The number of rotatable bonds is 4. The average Bonchev–Trinajstić information content (AvgIpc) is 2.31. The van der Waals surface area contributed by atoms with Crippen molar-refractivity contribution in [3.05, 3.63) is 0 Å². The first-order valence-corrected chi connectivity index (χ1v) is 4.40. The van der Waals surface area contributed by atoms with E-state index >= 15 is 0 Å². The Morgan fingerprint density at radius 1 is 0.882 bits per heavy atom. The lowest BCUT2D eigenvalue weighted by Crippen LogP contribution is -2.26. The van der Waals surface area contributed by atoms with Crippen LogP contribution in [-0.4, -0.2) is 73.1 Å². The maximum absolute atomic E-state index is 9.89. The third-order valence-corrected chi connectivity index (χ3v) is 0.840. The summed E-state index contributed by atoms with van der Waals surface area (Å²) in [7, 11) is 3.25. The molecule has 0 bridgehead atoms. The number of aliphatic hydroxyl groups is 4. The molecule has 0 heterocycles. The molecule has 0 saturated heterocycles.